The molecule has 88 valence electrons. The number of carbonyl (C=O) groups excluding carboxylic acids is 1. The van der Waals surface area contributed by atoms with E-state index in [1.54, 1.807) is 36.2 Å². The van der Waals surface area contributed by atoms with Crippen molar-refractivity contribution in [2.24, 2.45) is 0 Å². The number of nitrogens with one attached hydrogen (secondary N) is 2. The summed E-state index contributed by atoms with van der Waals surface area (Å²) in [6, 6.07) is 6.94. The van der Waals surface area contributed by atoms with E-state index >= 15 is 0 Å². The molecule has 2 amide bonds. The molecule has 0 spiro atoms. The zero-order valence-electron chi connectivity index (χ0n) is 9.46. The van der Waals surface area contributed by atoms with Crippen molar-refractivity contribution in [3.63, 3.8) is 0 Å². The van der Waals surface area contributed by atoms with Crippen LogP contribution in [0.15, 0.2) is 24.3 Å². The molecule has 4 nitrogen and oxygen atoms in total. The Bertz CT molecular complexity index is 357. The van der Waals surface area contributed by atoms with E-state index in [0.29, 0.717) is 17.3 Å². The molecule has 0 atom stereocenters. The van der Waals surface area contributed by atoms with Crippen molar-refractivity contribution in [1.29, 1.82) is 0 Å². The molecule has 5 heteroatoms. The predicted molar refractivity (Wildman–Crippen MR) is 67.0 cm³/mol. The van der Waals surface area contributed by atoms with E-state index < -0.39 is 0 Å². The van der Waals surface area contributed by atoms with Gasteiger partial charge < -0.3 is 15.5 Å². The summed E-state index contributed by atoms with van der Waals surface area (Å²) >= 11 is 5.82. The van der Waals surface area contributed by atoms with E-state index in [9.17, 15) is 4.79 Å². The molecular formula is C11H16ClN3O. The van der Waals surface area contributed by atoms with Gasteiger partial charge in [0, 0.05) is 30.8 Å². The first-order chi connectivity index (χ1) is 7.63. The molecule has 0 aliphatic carbocycles. The monoisotopic (exact) mass is 241 g/mol. The lowest BCUT2D eigenvalue weighted by molar-refractivity contribution is 0.223. The molecule has 0 aliphatic heterocycles. The number of hydrogen-bond donors (Lipinski definition) is 2. The summed E-state index contributed by atoms with van der Waals surface area (Å²) in [5.74, 6) is 0. The van der Waals surface area contributed by atoms with Gasteiger partial charge in [0.25, 0.3) is 0 Å². The van der Waals surface area contributed by atoms with Crippen LogP contribution < -0.4 is 10.6 Å². The Kier molecular flexibility index (Phi) is 5.08. The topological polar surface area (TPSA) is 44.4 Å². The maximum atomic E-state index is 11.7. The molecular weight excluding hydrogens is 226 g/mol. The van der Waals surface area contributed by atoms with Crippen LogP contribution in [-0.4, -0.2) is 38.1 Å². The molecule has 2 N–H and O–H groups in total. The second kappa shape index (κ2) is 6.35. The van der Waals surface area contributed by atoms with Crippen LogP contribution in [0.2, 0.25) is 5.02 Å². The molecule has 0 heterocycles. The third kappa shape index (κ3) is 4.08. The minimum atomic E-state index is -0.141. The van der Waals surface area contributed by atoms with Crippen LogP contribution in [0.25, 0.3) is 0 Å². The highest BCUT2D eigenvalue weighted by Crippen LogP contribution is 2.14. The van der Waals surface area contributed by atoms with Crippen LogP contribution in [0.5, 0.6) is 0 Å². The van der Waals surface area contributed by atoms with E-state index in [1.165, 1.54) is 0 Å². The van der Waals surface area contributed by atoms with Crippen LogP contribution in [-0.2, 0) is 0 Å². The number of carbonyl (C=O) groups is 1. The molecule has 0 aliphatic rings. The summed E-state index contributed by atoms with van der Waals surface area (Å²) < 4.78 is 0. The number of anilines is 1. The molecule has 1 aromatic carbocycles. The number of hydrogen-bond acceptors (Lipinski definition) is 2. The summed E-state index contributed by atoms with van der Waals surface area (Å²) in [4.78, 5) is 13.3. The zero-order chi connectivity index (χ0) is 12.0. The molecule has 0 aromatic heterocycles. The Hall–Kier alpha value is -1.26. The number of benzene rings is 1. The highest BCUT2D eigenvalue weighted by Gasteiger charge is 2.07. The van der Waals surface area contributed by atoms with Crippen LogP contribution in [0, 0.1) is 0 Å². The Morgan fingerprint density at radius 3 is 2.88 bits per heavy atom. The van der Waals surface area contributed by atoms with E-state index in [4.69, 9.17) is 11.6 Å². The molecule has 0 bridgehead atoms. The van der Waals surface area contributed by atoms with Crippen LogP contribution >= 0.6 is 11.6 Å². The van der Waals surface area contributed by atoms with Crippen molar-refractivity contribution >= 4 is 23.3 Å². The third-order valence-corrected chi connectivity index (χ3v) is 2.35. The van der Waals surface area contributed by atoms with Crippen molar-refractivity contribution in [3.05, 3.63) is 29.3 Å². The lowest BCUT2D eigenvalue weighted by Crippen LogP contribution is -2.35. The Morgan fingerprint density at radius 2 is 2.25 bits per heavy atom. The van der Waals surface area contributed by atoms with Gasteiger partial charge in [0.05, 0.1) is 0 Å². The predicted octanol–water partition coefficient (Wildman–Crippen LogP) is 2.02. The van der Waals surface area contributed by atoms with Gasteiger partial charge in [0.15, 0.2) is 0 Å². The quantitative estimate of drug-likeness (QED) is 0.847. The minimum Gasteiger partial charge on any atom is -0.326 e. The van der Waals surface area contributed by atoms with Crippen molar-refractivity contribution in [2.45, 2.75) is 0 Å². The highest BCUT2D eigenvalue weighted by atomic mass is 35.5. The van der Waals surface area contributed by atoms with Crippen molar-refractivity contribution in [3.8, 4) is 0 Å². The van der Waals surface area contributed by atoms with Gasteiger partial charge in [-0.3, -0.25) is 0 Å². The molecule has 16 heavy (non-hydrogen) atoms. The van der Waals surface area contributed by atoms with Crippen molar-refractivity contribution < 1.29 is 4.79 Å². The Labute approximate surface area is 101 Å². The van der Waals surface area contributed by atoms with E-state index in [-0.39, 0.29) is 6.03 Å². The molecule has 1 rings (SSSR count). The van der Waals surface area contributed by atoms with E-state index in [2.05, 4.69) is 10.6 Å². The first-order valence-electron chi connectivity index (χ1n) is 5.06. The Morgan fingerprint density at radius 1 is 1.50 bits per heavy atom. The molecule has 0 saturated carbocycles. The summed E-state index contributed by atoms with van der Waals surface area (Å²) in [5.41, 5.74) is 0.703. The first-order valence-corrected chi connectivity index (χ1v) is 5.43. The number of likely N-dealkylation sites (N-methyl/N-ethyl adjacent to an activating group) is 2. The smallest absolute Gasteiger partial charge is 0.321 e. The lowest BCUT2D eigenvalue weighted by Gasteiger charge is -2.17. The van der Waals surface area contributed by atoms with Gasteiger partial charge in [-0.1, -0.05) is 17.7 Å². The minimum absolute atomic E-state index is 0.141. The number of amides is 2. The average molecular weight is 242 g/mol. The maximum Gasteiger partial charge on any atom is 0.321 e. The van der Waals surface area contributed by atoms with E-state index in [1.807, 2.05) is 7.05 Å². The number of urea groups is 1. The summed E-state index contributed by atoms with van der Waals surface area (Å²) in [6.07, 6.45) is 0. The average Bonchev–Trinajstić information content (AvgIpc) is 2.25. The van der Waals surface area contributed by atoms with Crippen LogP contribution in [0.4, 0.5) is 10.5 Å². The summed E-state index contributed by atoms with van der Waals surface area (Å²) in [5, 5.41) is 6.36. The van der Waals surface area contributed by atoms with Crippen molar-refractivity contribution in [2.75, 3.05) is 32.5 Å². The largest absolute Gasteiger partial charge is 0.326 e. The number of nitrogens with zero attached hydrogens (tertiary/aromatic N) is 1. The SMILES string of the molecule is CNCCN(C)C(=O)Nc1cccc(Cl)c1. The Balaban J connectivity index is 2.50. The number of halogens is 1. The molecule has 0 unspecified atom stereocenters. The van der Waals surface area contributed by atoms with Gasteiger partial charge in [-0.15, -0.1) is 0 Å². The van der Waals surface area contributed by atoms with E-state index in [0.717, 1.165) is 6.54 Å². The molecule has 0 fully saturated rings. The maximum absolute atomic E-state index is 11.7. The molecule has 1 aromatic rings. The first kappa shape index (κ1) is 12.8. The van der Waals surface area contributed by atoms with Crippen LogP contribution in [0.1, 0.15) is 0 Å². The van der Waals surface area contributed by atoms with Gasteiger partial charge in [-0.05, 0) is 25.2 Å². The fraction of sp³-hybridized carbons (Fsp3) is 0.364. The fourth-order valence-electron chi connectivity index (χ4n) is 1.17. The van der Waals surface area contributed by atoms with Gasteiger partial charge in [0.1, 0.15) is 0 Å². The summed E-state index contributed by atoms with van der Waals surface area (Å²) in [6.45, 7) is 1.42. The normalized spacial score (nSPS) is 9.94. The lowest BCUT2D eigenvalue weighted by atomic mass is 10.3. The fourth-order valence-corrected chi connectivity index (χ4v) is 1.36. The van der Waals surface area contributed by atoms with Crippen LogP contribution in [0.3, 0.4) is 0 Å². The molecule has 0 saturated heterocycles. The van der Waals surface area contributed by atoms with Gasteiger partial charge in [-0.25, -0.2) is 4.79 Å². The highest BCUT2D eigenvalue weighted by molar-refractivity contribution is 6.30. The second-order valence-corrected chi connectivity index (χ2v) is 3.90. The summed E-state index contributed by atoms with van der Waals surface area (Å²) in [7, 11) is 3.60. The molecule has 0 radical (unpaired) electrons. The second-order valence-electron chi connectivity index (χ2n) is 3.47. The van der Waals surface area contributed by atoms with Gasteiger partial charge >= 0.3 is 6.03 Å². The van der Waals surface area contributed by atoms with Gasteiger partial charge in [0.2, 0.25) is 0 Å². The number of rotatable bonds is 4. The van der Waals surface area contributed by atoms with Crippen molar-refractivity contribution in [1.82, 2.24) is 10.2 Å². The third-order valence-electron chi connectivity index (χ3n) is 2.12. The zero-order valence-corrected chi connectivity index (χ0v) is 10.2. The van der Waals surface area contributed by atoms with Gasteiger partial charge in [-0.2, -0.15) is 0 Å². The standard InChI is InChI=1S/C11H16ClN3O/c1-13-6-7-15(2)11(16)14-10-5-3-4-9(12)8-10/h3-5,8,13H,6-7H2,1-2H3,(H,14,16).